The first kappa shape index (κ1) is 16.2. The number of quaternary nitrogens is 2. The molecular formula is C16H33N5O2+2. The lowest BCUT2D eigenvalue weighted by Crippen LogP contribution is -3.12. The lowest BCUT2D eigenvalue weighted by atomic mass is 9.94. The third kappa shape index (κ3) is 3.56. The molecule has 0 amide bonds. The van der Waals surface area contributed by atoms with E-state index in [4.69, 9.17) is 9.57 Å². The number of nitrogens with one attached hydrogen (secondary N) is 3. The van der Waals surface area contributed by atoms with Gasteiger partial charge >= 0.3 is 0 Å². The third-order valence-corrected chi connectivity index (χ3v) is 6.28. The van der Waals surface area contributed by atoms with E-state index >= 15 is 0 Å². The molecule has 4 aliphatic heterocycles. The van der Waals surface area contributed by atoms with Gasteiger partial charge in [-0.05, 0) is 6.42 Å². The van der Waals surface area contributed by atoms with Crippen molar-refractivity contribution in [3.8, 4) is 0 Å². The SMILES string of the molecule is C[NH+]1CCCC1C1NC(C2CCC(N3CCOCC3)[NH2+]C2)NO1. The molecule has 6 atom stereocenters. The fraction of sp³-hybridized carbons (Fsp3) is 1.00. The lowest BCUT2D eigenvalue weighted by molar-refractivity contribution is -0.896. The van der Waals surface area contributed by atoms with Gasteiger partial charge in [0.25, 0.3) is 0 Å². The molecule has 0 radical (unpaired) electrons. The summed E-state index contributed by atoms with van der Waals surface area (Å²) in [5.41, 5.74) is 3.29. The molecule has 0 aromatic rings. The topological polar surface area (TPSA) is 66.8 Å². The summed E-state index contributed by atoms with van der Waals surface area (Å²) in [4.78, 5) is 10.1. The Morgan fingerprint density at radius 3 is 2.74 bits per heavy atom. The fourth-order valence-electron chi connectivity index (χ4n) is 4.76. The standard InChI is InChI=1S/C16H31N5O2/c1-20-6-2-3-13(20)16-18-15(19-23-16)12-4-5-14(17-11-12)21-7-9-22-10-8-21/h12-19H,2-11H2,1H3/p+2. The van der Waals surface area contributed by atoms with Crippen molar-refractivity contribution in [2.24, 2.45) is 5.92 Å². The van der Waals surface area contributed by atoms with Gasteiger partial charge in [-0.25, -0.2) is 4.90 Å². The van der Waals surface area contributed by atoms with Gasteiger partial charge < -0.3 is 15.0 Å². The summed E-state index contributed by atoms with van der Waals surface area (Å²) in [5, 5.41) is 6.25. The number of hydrogen-bond donors (Lipinski definition) is 4. The van der Waals surface area contributed by atoms with E-state index in [0.29, 0.717) is 24.3 Å². The molecule has 0 bridgehead atoms. The second kappa shape index (κ2) is 7.31. The zero-order valence-electron chi connectivity index (χ0n) is 14.3. The van der Waals surface area contributed by atoms with Crippen molar-refractivity contribution in [3.63, 3.8) is 0 Å². The summed E-state index contributed by atoms with van der Waals surface area (Å²) in [6, 6.07) is 0.598. The van der Waals surface area contributed by atoms with E-state index in [1.54, 1.807) is 4.90 Å². The van der Waals surface area contributed by atoms with Crippen molar-refractivity contribution in [2.75, 3.05) is 46.4 Å². The molecular weight excluding hydrogens is 294 g/mol. The number of likely N-dealkylation sites (N-methyl/N-ethyl adjacent to an activating group) is 1. The molecule has 4 aliphatic rings. The first-order valence-corrected chi connectivity index (χ1v) is 9.46. The maximum atomic E-state index is 5.89. The molecule has 4 fully saturated rings. The largest absolute Gasteiger partial charge is 0.379 e. The Bertz CT molecular complexity index is 385. The molecule has 0 aromatic carbocycles. The molecule has 0 aliphatic carbocycles. The minimum Gasteiger partial charge on any atom is -0.379 e. The zero-order chi connectivity index (χ0) is 15.6. The minimum absolute atomic E-state index is 0.180. The summed E-state index contributed by atoms with van der Waals surface area (Å²) in [7, 11) is 2.29. The van der Waals surface area contributed by atoms with Crippen LogP contribution < -0.4 is 21.0 Å². The maximum absolute atomic E-state index is 5.89. The van der Waals surface area contributed by atoms with E-state index < -0.39 is 0 Å². The molecule has 0 spiro atoms. The van der Waals surface area contributed by atoms with Gasteiger partial charge in [-0.3, -0.25) is 10.2 Å². The predicted molar refractivity (Wildman–Crippen MR) is 85.4 cm³/mol. The van der Waals surface area contributed by atoms with E-state index in [9.17, 15) is 0 Å². The van der Waals surface area contributed by atoms with Crippen LogP contribution in [0.5, 0.6) is 0 Å². The molecule has 7 nitrogen and oxygen atoms in total. The van der Waals surface area contributed by atoms with Crippen molar-refractivity contribution < 1.29 is 19.8 Å². The van der Waals surface area contributed by atoms with Crippen LogP contribution in [-0.2, 0) is 9.57 Å². The number of rotatable bonds is 3. The number of morpholine rings is 1. The number of likely N-dealkylation sites (tertiary alicyclic amines) is 1. The number of hydroxylamine groups is 1. The average Bonchev–Trinajstić information content (AvgIpc) is 3.24. The molecule has 4 heterocycles. The van der Waals surface area contributed by atoms with Crippen LogP contribution in [-0.4, -0.2) is 75.9 Å². The highest BCUT2D eigenvalue weighted by Crippen LogP contribution is 2.20. The van der Waals surface area contributed by atoms with Gasteiger partial charge in [0.1, 0.15) is 12.2 Å². The Balaban J connectivity index is 1.24. The Hall–Kier alpha value is -0.280. The normalized spacial score (nSPS) is 46.3. The van der Waals surface area contributed by atoms with Crippen molar-refractivity contribution in [2.45, 2.75) is 50.3 Å². The van der Waals surface area contributed by atoms with Gasteiger partial charge in [0.05, 0.1) is 39.5 Å². The average molecular weight is 327 g/mol. The van der Waals surface area contributed by atoms with Crippen LogP contribution in [0.25, 0.3) is 0 Å². The summed E-state index contributed by atoms with van der Waals surface area (Å²) in [6.45, 7) is 6.42. The van der Waals surface area contributed by atoms with Crippen molar-refractivity contribution in [1.29, 1.82) is 0 Å². The minimum atomic E-state index is 0.180. The fourth-order valence-corrected chi connectivity index (χ4v) is 4.76. The van der Waals surface area contributed by atoms with E-state index in [-0.39, 0.29) is 6.23 Å². The molecule has 23 heavy (non-hydrogen) atoms. The highest BCUT2D eigenvalue weighted by molar-refractivity contribution is 4.84. The van der Waals surface area contributed by atoms with Crippen molar-refractivity contribution in [3.05, 3.63) is 0 Å². The Morgan fingerprint density at radius 2 is 2.04 bits per heavy atom. The summed E-state index contributed by atoms with van der Waals surface area (Å²) < 4.78 is 5.47. The van der Waals surface area contributed by atoms with Crippen LogP contribution >= 0.6 is 0 Å². The number of piperidine rings is 1. The highest BCUT2D eigenvalue weighted by atomic mass is 16.7. The maximum Gasteiger partial charge on any atom is 0.183 e. The quantitative estimate of drug-likeness (QED) is 0.447. The molecule has 132 valence electrons. The molecule has 4 saturated heterocycles. The van der Waals surface area contributed by atoms with Crippen LogP contribution in [0.3, 0.4) is 0 Å². The van der Waals surface area contributed by atoms with Gasteiger partial charge in [0.15, 0.2) is 6.23 Å². The Morgan fingerprint density at radius 1 is 1.17 bits per heavy atom. The van der Waals surface area contributed by atoms with E-state index in [1.165, 1.54) is 38.8 Å². The van der Waals surface area contributed by atoms with Gasteiger partial charge in [0.2, 0.25) is 0 Å². The van der Waals surface area contributed by atoms with Gasteiger partial charge in [-0.15, -0.1) is 0 Å². The van der Waals surface area contributed by atoms with Crippen LogP contribution in [0.1, 0.15) is 25.7 Å². The summed E-state index contributed by atoms with van der Waals surface area (Å²) in [5.74, 6) is 0.652. The van der Waals surface area contributed by atoms with Gasteiger partial charge in [-0.1, -0.05) is 0 Å². The smallest absolute Gasteiger partial charge is 0.183 e. The van der Waals surface area contributed by atoms with Crippen LogP contribution in [0.4, 0.5) is 0 Å². The van der Waals surface area contributed by atoms with E-state index in [0.717, 1.165) is 26.3 Å². The van der Waals surface area contributed by atoms with Crippen molar-refractivity contribution >= 4 is 0 Å². The molecule has 5 N–H and O–H groups in total. The molecule has 0 saturated carbocycles. The predicted octanol–water partition coefficient (Wildman–Crippen LogP) is -2.93. The Kier molecular flexibility index (Phi) is 5.15. The van der Waals surface area contributed by atoms with Gasteiger partial charge in [-0.2, -0.15) is 5.48 Å². The lowest BCUT2D eigenvalue weighted by Gasteiger charge is -2.37. The van der Waals surface area contributed by atoms with Crippen molar-refractivity contribution in [1.82, 2.24) is 15.7 Å². The van der Waals surface area contributed by atoms with Crippen LogP contribution in [0.15, 0.2) is 0 Å². The molecule has 6 unspecified atom stereocenters. The number of hydrogen-bond acceptors (Lipinski definition) is 5. The number of nitrogens with zero attached hydrogens (tertiary/aromatic N) is 1. The summed E-state index contributed by atoms with van der Waals surface area (Å²) in [6.07, 6.45) is 6.28. The zero-order valence-corrected chi connectivity index (χ0v) is 14.3. The van der Waals surface area contributed by atoms with Gasteiger partial charge in [0, 0.05) is 38.3 Å². The van der Waals surface area contributed by atoms with E-state index in [2.05, 4.69) is 28.1 Å². The Labute approximate surface area is 139 Å². The third-order valence-electron chi connectivity index (χ3n) is 6.28. The van der Waals surface area contributed by atoms with E-state index in [1.807, 2.05) is 0 Å². The highest BCUT2D eigenvalue weighted by Gasteiger charge is 2.43. The molecule has 4 rings (SSSR count). The van der Waals surface area contributed by atoms with Crippen LogP contribution in [0, 0.1) is 5.92 Å². The second-order valence-electron chi connectivity index (χ2n) is 7.67. The molecule has 7 heteroatoms. The first-order chi connectivity index (χ1) is 11.3. The molecule has 0 aromatic heterocycles. The number of nitrogens with two attached hydrogens (primary N) is 1. The van der Waals surface area contributed by atoms with Crippen LogP contribution in [0.2, 0.25) is 0 Å². The first-order valence-electron chi connectivity index (χ1n) is 9.46. The number of ether oxygens (including phenoxy) is 1. The second-order valence-corrected chi connectivity index (χ2v) is 7.67. The monoisotopic (exact) mass is 327 g/mol. The summed E-state index contributed by atoms with van der Waals surface area (Å²) >= 11 is 0.